The maximum Gasteiger partial charge on any atom is 0.289 e. The molecular weight excluding hydrogens is 671 g/mol. The Morgan fingerprint density at radius 2 is 1.84 bits per heavy atom. The van der Waals surface area contributed by atoms with Gasteiger partial charge in [0, 0.05) is 74.3 Å². The first-order valence-corrected chi connectivity index (χ1v) is 14.8. The maximum absolute atomic E-state index is 14.0. The molecule has 2 aliphatic rings. The van der Waals surface area contributed by atoms with Gasteiger partial charge >= 0.3 is 0 Å². The van der Waals surface area contributed by atoms with Crippen LogP contribution in [0.15, 0.2) is 54.6 Å². The average Bonchev–Trinajstić information content (AvgIpc) is 3.35. The molecule has 1 aliphatic heterocycles. The Balaban J connectivity index is 0.000000325. The zero-order valence-corrected chi connectivity index (χ0v) is 28.5. The van der Waals surface area contributed by atoms with Gasteiger partial charge in [-0.1, -0.05) is 54.1 Å². The fourth-order valence-electron chi connectivity index (χ4n) is 4.98. The predicted molar refractivity (Wildman–Crippen MR) is 158 cm³/mol. The van der Waals surface area contributed by atoms with E-state index in [2.05, 4.69) is 16.0 Å². The number of nitrogens with one attached hydrogen (secondary N) is 3. The van der Waals surface area contributed by atoms with Crippen molar-refractivity contribution in [1.29, 1.82) is 0 Å². The van der Waals surface area contributed by atoms with E-state index in [9.17, 15) is 33.2 Å². The molecule has 0 bridgehead atoms. The molecule has 1 aliphatic carbocycles. The molecule has 2 fully saturated rings. The number of ketones is 1. The number of hydrogen-bond acceptors (Lipinski definition) is 6. The molecule has 0 spiro atoms. The summed E-state index contributed by atoms with van der Waals surface area (Å²) in [6.45, 7) is 4.07. The third-order valence-corrected chi connectivity index (χ3v) is 7.99. The van der Waals surface area contributed by atoms with Crippen molar-refractivity contribution in [3.63, 3.8) is 0 Å². The Bertz CT molecular complexity index is 1280. The van der Waals surface area contributed by atoms with Gasteiger partial charge in [-0.2, -0.15) is 5.06 Å². The molecule has 2 aromatic rings. The minimum atomic E-state index is -2.90. The molecule has 1 radical (unpaired) electrons. The molecule has 0 aromatic heterocycles. The van der Waals surface area contributed by atoms with Gasteiger partial charge in [0.15, 0.2) is 0 Å². The third-order valence-electron chi connectivity index (χ3n) is 7.76. The van der Waals surface area contributed by atoms with Gasteiger partial charge in [0.25, 0.3) is 11.8 Å². The number of hydrogen-bond donors (Lipinski definition) is 4. The summed E-state index contributed by atoms with van der Waals surface area (Å²) < 4.78 is 27.9. The van der Waals surface area contributed by atoms with Crippen molar-refractivity contribution in [1.82, 2.24) is 21.0 Å². The molecule has 2 atom stereocenters. The normalized spacial score (nSPS) is 17.6. The SMILES string of the molecule is CCNC(=O)C(=O)C(CC1CCNC1=O)NC(=O)CN(O)C1(C)CCC1.FC(F)(Cc1ccccc1)c1cccc(Cl)c1.[Y]. The summed E-state index contributed by atoms with van der Waals surface area (Å²) in [6.07, 6.45) is 2.88. The van der Waals surface area contributed by atoms with Crippen LogP contribution in [0.25, 0.3) is 0 Å². The Morgan fingerprint density at radius 1 is 1.16 bits per heavy atom. The van der Waals surface area contributed by atoms with E-state index in [1.54, 1.807) is 43.3 Å². The summed E-state index contributed by atoms with van der Waals surface area (Å²) in [5.74, 6) is -5.62. The van der Waals surface area contributed by atoms with Crippen LogP contribution >= 0.6 is 11.6 Å². The molecular formula is C31H39ClF2N4O5Y. The Morgan fingerprint density at radius 3 is 2.39 bits per heavy atom. The second-order valence-corrected chi connectivity index (χ2v) is 11.6. The van der Waals surface area contributed by atoms with Crippen LogP contribution in [0.4, 0.5) is 8.78 Å². The first-order valence-electron chi connectivity index (χ1n) is 14.4. The van der Waals surface area contributed by atoms with E-state index in [0.29, 0.717) is 23.6 Å². The number of benzene rings is 2. The van der Waals surface area contributed by atoms with Crippen LogP contribution in [0, 0.1) is 5.92 Å². The summed E-state index contributed by atoms with van der Waals surface area (Å²) in [6, 6.07) is 13.4. The van der Waals surface area contributed by atoms with E-state index in [4.69, 9.17) is 11.6 Å². The molecule has 237 valence electrons. The van der Waals surface area contributed by atoms with Crippen molar-refractivity contribution >= 4 is 35.1 Å². The number of alkyl halides is 2. The number of carbonyl (C=O) groups excluding carboxylic acids is 4. The summed E-state index contributed by atoms with van der Waals surface area (Å²) in [5, 5.41) is 19.1. The molecule has 1 saturated carbocycles. The first kappa shape index (κ1) is 37.9. The Labute approximate surface area is 286 Å². The second kappa shape index (κ2) is 17.4. The number of nitrogens with zero attached hydrogens (tertiary/aromatic N) is 1. The Hall–Kier alpha value is -2.31. The van der Waals surface area contributed by atoms with E-state index >= 15 is 0 Å². The van der Waals surface area contributed by atoms with E-state index in [1.807, 2.05) is 6.92 Å². The number of amides is 3. The topological polar surface area (TPSA) is 128 Å². The van der Waals surface area contributed by atoms with Crippen molar-refractivity contribution in [2.75, 3.05) is 19.6 Å². The Kier molecular flexibility index (Phi) is 15.0. The van der Waals surface area contributed by atoms with Gasteiger partial charge in [-0.25, -0.2) is 8.78 Å². The minimum absolute atomic E-state index is 0. The van der Waals surface area contributed by atoms with Crippen LogP contribution in [-0.2, 0) is 64.2 Å². The van der Waals surface area contributed by atoms with Gasteiger partial charge in [0.05, 0.1) is 6.04 Å². The summed E-state index contributed by atoms with van der Waals surface area (Å²) in [7, 11) is 0. The molecule has 9 nitrogen and oxygen atoms in total. The standard InChI is InChI=1S/C17H28N4O5.C14H11ClF2.Y/c1-3-18-16(25)14(23)12(9-11-5-8-19-15(11)24)20-13(22)10-21(26)17(2)6-4-7-17;15-13-8-4-7-12(9-13)14(16,17)10-11-5-2-1-3-6-11;/h11-12,26H,3-10H2,1-2H3,(H,18,25)(H,19,24)(H,20,22);1-9H,10H2;. The molecule has 13 heteroatoms. The number of halogens is 3. The van der Waals surface area contributed by atoms with Crippen molar-refractivity contribution in [2.24, 2.45) is 5.92 Å². The number of hydroxylamine groups is 2. The molecule has 1 saturated heterocycles. The minimum Gasteiger partial charge on any atom is -0.356 e. The maximum atomic E-state index is 14.0. The molecule has 44 heavy (non-hydrogen) atoms. The monoisotopic (exact) mass is 709 g/mol. The van der Waals surface area contributed by atoms with E-state index in [1.165, 1.54) is 18.2 Å². The van der Waals surface area contributed by atoms with Crippen LogP contribution in [0.1, 0.15) is 57.1 Å². The van der Waals surface area contributed by atoms with Crippen molar-refractivity contribution < 1.29 is 65.9 Å². The quantitative estimate of drug-likeness (QED) is 0.195. The molecule has 3 amide bonds. The van der Waals surface area contributed by atoms with Crippen LogP contribution in [0.3, 0.4) is 0 Å². The van der Waals surface area contributed by atoms with Crippen molar-refractivity contribution in [3.8, 4) is 0 Å². The summed E-state index contributed by atoms with van der Waals surface area (Å²) in [5.41, 5.74) is 0.133. The number of rotatable bonds is 12. The van der Waals surface area contributed by atoms with Gasteiger partial charge in [0.1, 0.15) is 6.54 Å². The fourth-order valence-corrected chi connectivity index (χ4v) is 5.17. The van der Waals surface area contributed by atoms with Gasteiger partial charge in [-0.3, -0.25) is 19.2 Å². The van der Waals surface area contributed by atoms with E-state index < -0.39 is 41.0 Å². The van der Waals surface area contributed by atoms with Crippen LogP contribution < -0.4 is 16.0 Å². The van der Waals surface area contributed by atoms with E-state index in [0.717, 1.165) is 24.3 Å². The predicted octanol–water partition coefficient (Wildman–Crippen LogP) is 4.01. The van der Waals surface area contributed by atoms with Gasteiger partial charge in [-0.15, -0.1) is 0 Å². The summed E-state index contributed by atoms with van der Waals surface area (Å²) >= 11 is 5.72. The number of Topliss-reactive ketones (excluding diaryl/α,β-unsaturated/α-hetero) is 1. The first-order chi connectivity index (χ1) is 20.3. The zero-order valence-electron chi connectivity index (χ0n) is 25.0. The van der Waals surface area contributed by atoms with Crippen LogP contribution in [0.5, 0.6) is 0 Å². The van der Waals surface area contributed by atoms with Crippen LogP contribution in [0.2, 0.25) is 5.02 Å². The van der Waals surface area contributed by atoms with E-state index in [-0.39, 0.29) is 70.1 Å². The smallest absolute Gasteiger partial charge is 0.289 e. The van der Waals surface area contributed by atoms with Gasteiger partial charge in [-0.05, 0) is 63.6 Å². The molecule has 2 unspecified atom stereocenters. The van der Waals surface area contributed by atoms with Gasteiger partial charge < -0.3 is 21.2 Å². The average molecular weight is 710 g/mol. The third kappa shape index (κ3) is 10.9. The molecule has 4 rings (SSSR count). The number of likely N-dealkylation sites (N-methyl/N-ethyl adjacent to an activating group) is 1. The number of carbonyl (C=O) groups is 4. The zero-order chi connectivity index (χ0) is 31.6. The van der Waals surface area contributed by atoms with Crippen molar-refractivity contribution in [3.05, 3.63) is 70.7 Å². The largest absolute Gasteiger partial charge is 0.356 e. The molecule has 1 heterocycles. The summed E-state index contributed by atoms with van der Waals surface area (Å²) in [4.78, 5) is 48.3. The molecule has 2 aromatic carbocycles. The van der Waals surface area contributed by atoms with Crippen LogP contribution in [-0.4, -0.2) is 65.0 Å². The van der Waals surface area contributed by atoms with Gasteiger partial charge in [0.2, 0.25) is 17.6 Å². The van der Waals surface area contributed by atoms with Crippen molar-refractivity contribution in [2.45, 2.75) is 69.9 Å². The second-order valence-electron chi connectivity index (χ2n) is 11.1. The molecule has 4 N–H and O–H groups in total. The fraction of sp³-hybridized carbons (Fsp3) is 0.484.